The van der Waals surface area contributed by atoms with Gasteiger partial charge in [0.15, 0.2) is 0 Å². The summed E-state index contributed by atoms with van der Waals surface area (Å²) < 4.78 is 0. The van der Waals surface area contributed by atoms with Crippen molar-refractivity contribution in [3.05, 3.63) is 65.7 Å². The van der Waals surface area contributed by atoms with Crippen LogP contribution in [0.4, 0.5) is 16.2 Å². The van der Waals surface area contributed by atoms with Crippen LogP contribution in [0, 0.1) is 0 Å². The van der Waals surface area contributed by atoms with E-state index in [0.717, 1.165) is 5.56 Å². The minimum Gasteiger partial charge on any atom is -0.341 e. The molecule has 2 aromatic rings. The van der Waals surface area contributed by atoms with Gasteiger partial charge in [0.25, 0.3) is 0 Å². The molecule has 0 aliphatic rings. The van der Waals surface area contributed by atoms with Crippen LogP contribution in [0.3, 0.4) is 0 Å². The summed E-state index contributed by atoms with van der Waals surface area (Å²) in [5.41, 5.74) is 3.56. The first kappa shape index (κ1) is 18.3. The number of amides is 3. The van der Waals surface area contributed by atoms with Gasteiger partial charge in [0, 0.05) is 24.5 Å². The van der Waals surface area contributed by atoms with Gasteiger partial charge in [-0.05, 0) is 47.4 Å². The summed E-state index contributed by atoms with van der Waals surface area (Å²) in [6.45, 7) is 4.29. The van der Waals surface area contributed by atoms with Crippen LogP contribution in [0.1, 0.15) is 30.9 Å². The molecule has 0 radical (unpaired) electrons. The van der Waals surface area contributed by atoms with E-state index in [4.69, 9.17) is 0 Å². The lowest BCUT2D eigenvalue weighted by atomic mass is 10.0. The van der Waals surface area contributed by atoms with Crippen molar-refractivity contribution >= 4 is 29.4 Å². The van der Waals surface area contributed by atoms with Gasteiger partial charge < -0.3 is 16.0 Å². The maximum Gasteiger partial charge on any atom is 0.318 e. The second-order valence-corrected chi connectivity index (χ2v) is 5.93. The fourth-order valence-electron chi connectivity index (χ4n) is 2.18. The largest absolute Gasteiger partial charge is 0.341 e. The van der Waals surface area contributed by atoms with Gasteiger partial charge in [-0.2, -0.15) is 0 Å². The van der Waals surface area contributed by atoms with Crippen LogP contribution in [0.15, 0.2) is 54.6 Å². The first-order valence-electron chi connectivity index (χ1n) is 8.16. The third kappa shape index (κ3) is 5.80. The van der Waals surface area contributed by atoms with Gasteiger partial charge in [0.05, 0.1) is 0 Å². The average molecular weight is 337 g/mol. The summed E-state index contributed by atoms with van der Waals surface area (Å²) >= 11 is 0. The highest BCUT2D eigenvalue weighted by atomic mass is 16.2. The van der Waals surface area contributed by atoms with Gasteiger partial charge in [-0.3, -0.25) is 4.79 Å². The summed E-state index contributed by atoms with van der Waals surface area (Å²) in [5.74, 6) is 0.280. The Kier molecular flexibility index (Phi) is 6.34. The molecule has 0 fully saturated rings. The zero-order valence-electron chi connectivity index (χ0n) is 14.7. The second-order valence-electron chi connectivity index (χ2n) is 5.93. The summed E-state index contributed by atoms with van der Waals surface area (Å²) in [6, 6.07) is 14.8. The standard InChI is InChI=1S/C20H23N3O2/c1-14(2)16-7-4-15(5-8-16)6-13-19(24)22-17-9-11-18(12-10-17)23-20(25)21-3/h4-14H,1-3H3,(H,22,24)(H2,21,23,25)/b13-6+. The molecule has 0 unspecified atom stereocenters. The van der Waals surface area contributed by atoms with E-state index >= 15 is 0 Å². The summed E-state index contributed by atoms with van der Waals surface area (Å²) in [4.78, 5) is 23.2. The molecule has 0 aliphatic carbocycles. The first-order chi connectivity index (χ1) is 12.0. The molecule has 0 atom stereocenters. The van der Waals surface area contributed by atoms with E-state index in [1.165, 1.54) is 11.6 Å². The number of anilines is 2. The summed E-state index contributed by atoms with van der Waals surface area (Å²) in [5, 5.41) is 7.91. The number of hydrogen-bond acceptors (Lipinski definition) is 2. The van der Waals surface area contributed by atoms with E-state index in [1.54, 1.807) is 37.4 Å². The van der Waals surface area contributed by atoms with Gasteiger partial charge in [0.1, 0.15) is 0 Å². The molecule has 0 saturated heterocycles. The van der Waals surface area contributed by atoms with Crippen LogP contribution in [0.5, 0.6) is 0 Å². The van der Waals surface area contributed by atoms with E-state index in [9.17, 15) is 9.59 Å². The number of rotatable bonds is 5. The molecule has 3 N–H and O–H groups in total. The molecular formula is C20H23N3O2. The number of carbonyl (C=O) groups is 2. The van der Waals surface area contributed by atoms with Gasteiger partial charge in [-0.1, -0.05) is 38.1 Å². The predicted octanol–water partition coefficient (Wildman–Crippen LogP) is 4.21. The summed E-state index contributed by atoms with van der Waals surface area (Å²) in [7, 11) is 1.55. The normalized spacial score (nSPS) is 10.7. The molecule has 130 valence electrons. The maximum atomic E-state index is 12.0. The molecule has 2 aromatic carbocycles. The lowest BCUT2D eigenvalue weighted by molar-refractivity contribution is -0.111. The molecule has 5 nitrogen and oxygen atoms in total. The fourth-order valence-corrected chi connectivity index (χ4v) is 2.18. The number of benzene rings is 2. The SMILES string of the molecule is CNC(=O)Nc1ccc(NC(=O)/C=C/c2ccc(C(C)C)cc2)cc1. The Morgan fingerprint density at radius 3 is 1.96 bits per heavy atom. The van der Waals surface area contributed by atoms with Crippen LogP contribution in [-0.4, -0.2) is 19.0 Å². The molecule has 0 heterocycles. The van der Waals surface area contributed by atoms with Crippen molar-refractivity contribution in [2.24, 2.45) is 0 Å². The second kappa shape index (κ2) is 8.68. The third-order valence-electron chi connectivity index (χ3n) is 3.67. The van der Waals surface area contributed by atoms with E-state index in [2.05, 4.69) is 41.9 Å². The quantitative estimate of drug-likeness (QED) is 0.715. The Hall–Kier alpha value is -3.08. The molecule has 2 rings (SSSR count). The van der Waals surface area contributed by atoms with E-state index in [1.807, 2.05) is 12.1 Å². The van der Waals surface area contributed by atoms with Crippen molar-refractivity contribution in [1.82, 2.24) is 5.32 Å². The molecule has 5 heteroatoms. The number of nitrogens with one attached hydrogen (secondary N) is 3. The minimum atomic E-state index is -0.289. The van der Waals surface area contributed by atoms with Gasteiger partial charge in [-0.15, -0.1) is 0 Å². The van der Waals surface area contributed by atoms with E-state index in [-0.39, 0.29) is 11.9 Å². The molecule has 0 saturated carbocycles. The smallest absolute Gasteiger partial charge is 0.318 e. The molecular weight excluding hydrogens is 314 g/mol. The molecule has 25 heavy (non-hydrogen) atoms. The topological polar surface area (TPSA) is 70.2 Å². The van der Waals surface area contributed by atoms with Gasteiger partial charge in [0.2, 0.25) is 5.91 Å². The van der Waals surface area contributed by atoms with Crippen LogP contribution in [0.2, 0.25) is 0 Å². The van der Waals surface area contributed by atoms with Crippen molar-refractivity contribution in [2.75, 3.05) is 17.7 Å². The number of hydrogen-bond donors (Lipinski definition) is 3. The Balaban J connectivity index is 1.92. The first-order valence-corrected chi connectivity index (χ1v) is 8.16. The Morgan fingerprint density at radius 2 is 1.44 bits per heavy atom. The Bertz CT molecular complexity index is 748. The van der Waals surface area contributed by atoms with Crippen molar-refractivity contribution < 1.29 is 9.59 Å². The zero-order chi connectivity index (χ0) is 18.2. The van der Waals surface area contributed by atoms with E-state index in [0.29, 0.717) is 17.3 Å². The van der Waals surface area contributed by atoms with Crippen molar-refractivity contribution in [1.29, 1.82) is 0 Å². The van der Waals surface area contributed by atoms with Crippen molar-refractivity contribution in [3.8, 4) is 0 Å². The third-order valence-corrected chi connectivity index (χ3v) is 3.67. The molecule has 3 amide bonds. The monoisotopic (exact) mass is 337 g/mol. The zero-order valence-corrected chi connectivity index (χ0v) is 14.7. The number of carbonyl (C=O) groups excluding carboxylic acids is 2. The number of urea groups is 1. The highest BCUT2D eigenvalue weighted by Crippen LogP contribution is 2.16. The molecule has 0 bridgehead atoms. The molecule has 0 spiro atoms. The minimum absolute atomic E-state index is 0.208. The Morgan fingerprint density at radius 1 is 0.880 bits per heavy atom. The average Bonchev–Trinajstić information content (AvgIpc) is 2.62. The van der Waals surface area contributed by atoms with E-state index < -0.39 is 0 Å². The van der Waals surface area contributed by atoms with Crippen molar-refractivity contribution in [3.63, 3.8) is 0 Å². The lowest BCUT2D eigenvalue weighted by Gasteiger charge is -2.06. The molecule has 0 aromatic heterocycles. The Labute approximate surface area is 148 Å². The fraction of sp³-hybridized carbons (Fsp3) is 0.200. The van der Waals surface area contributed by atoms with Crippen LogP contribution in [0.25, 0.3) is 6.08 Å². The van der Waals surface area contributed by atoms with Gasteiger partial charge in [-0.25, -0.2) is 4.79 Å². The summed E-state index contributed by atoms with van der Waals surface area (Å²) in [6.07, 6.45) is 3.28. The highest BCUT2D eigenvalue weighted by molar-refractivity contribution is 6.02. The molecule has 0 aliphatic heterocycles. The van der Waals surface area contributed by atoms with Crippen LogP contribution >= 0.6 is 0 Å². The van der Waals surface area contributed by atoms with Crippen molar-refractivity contribution in [2.45, 2.75) is 19.8 Å². The van der Waals surface area contributed by atoms with Crippen LogP contribution in [-0.2, 0) is 4.79 Å². The lowest BCUT2D eigenvalue weighted by Crippen LogP contribution is -2.24. The maximum absolute atomic E-state index is 12.0. The van der Waals surface area contributed by atoms with Crippen LogP contribution < -0.4 is 16.0 Å². The predicted molar refractivity (Wildman–Crippen MR) is 103 cm³/mol. The highest BCUT2D eigenvalue weighted by Gasteiger charge is 2.01. The van der Waals surface area contributed by atoms with Gasteiger partial charge >= 0.3 is 6.03 Å².